The molecule has 1 saturated heterocycles. The van der Waals surface area contributed by atoms with E-state index in [1.54, 1.807) is 24.0 Å². The van der Waals surface area contributed by atoms with E-state index in [2.05, 4.69) is 24.7 Å². The second-order valence-electron chi connectivity index (χ2n) is 6.28. The van der Waals surface area contributed by atoms with Crippen LogP contribution in [-0.4, -0.2) is 44.2 Å². The Morgan fingerprint density at radius 3 is 2.74 bits per heavy atom. The fourth-order valence-corrected chi connectivity index (χ4v) is 3.73. The van der Waals surface area contributed by atoms with Crippen molar-refractivity contribution in [2.24, 2.45) is 7.05 Å². The summed E-state index contributed by atoms with van der Waals surface area (Å²) in [6.07, 6.45) is 5.98. The molecule has 1 aliphatic heterocycles. The van der Waals surface area contributed by atoms with Crippen LogP contribution in [0.25, 0.3) is 0 Å². The van der Waals surface area contributed by atoms with E-state index in [-0.39, 0.29) is 11.9 Å². The maximum Gasteiger partial charge on any atom is 0.269 e. The molecule has 2 aliphatic rings. The smallest absolute Gasteiger partial charge is 0.269 e. The van der Waals surface area contributed by atoms with Crippen LogP contribution in [0.15, 0.2) is 12.3 Å². The molecule has 2 aromatic rings. The lowest BCUT2D eigenvalue weighted by Gasteiger charge is -2.31. The number of aromatic nitrogens is 4. The van der Waals surface area contributed by atoms with Gasteiger partial charge in [0.1, 0.15) is 11.5 Å². The van der Waals surface area contributed by atoms with Crippen molar-refractivity contribution in [3.63, 3.8) is 0 Å². The van der Waals surface area contributed by atoms with Gasteiger partial charge in [0.2, 0.25) is 5.13 Å². The summed E-state index contributed by atoms with van der Waals surface area (Å²) in [6.45, 7) is 1.82. The number of carbonyl (C=O) groups is 1. The third-order valence-electron chi connectivity index (χ3n) is 4.53. The SMILES string of the molecule is Cn1nccc1C(=O)NC1CCN(c2nc(C3CC3)ns2)CC1. The zero-order chi connectivity index (χ0) is 15.8. The van der Waals surface area contributed by atoms with Gasteiger partial charge in [-0.05, 0) is 31.7 Å². The minimum atomic E-state index is -0.0459. The van der Waals surface area contributed by atoms with Crippen LogP contribution in [-0.2, 0) is 7.05 Å². The molecule has 7 nitrogen and oxygen atoms in total. The van der Waals surface area contributed by atoms with Crippen molar-refractivity contribution in [1.82, 2.24) is 24.5 Å². The Hall–Kier alpha value is -1.96. The molecule has 1 aliphatic carbocycles. The standard InChI is InChI=1S/C15H20N6OS/c1-20-12(4-7-16-20)14(22)17-11-5-8-21(9-6-11)15-18-13(19-23-15)10-2-3-10/h4,7,10-11H,2-3,5-6,8-9H2,1H3,(H,17,22). The Kier molecular flexibility index (Phi) is 3.76. The number of carbonyl (C=O) groups excluding carboxylic acids is 1. The maximum absolute atomic E-state index is 12.2. The van der Waals surface area contributed by atoms with E-state index in [0.29, 0.717) is 11.6 Å². The topological polar surface area (TPSA) is 75.9 Å². The van der Waals surface area contributed by atoms with Crippen LogP contribution in [0.2, 0.25) is 0 Å². The summed E-state index contributed by atoms with van der Waals surface area (Å²) in [5.74, 6) is 1.59. The predicted molar refractivity (Wildman–Crippen MR) is 87.8 cm³/mol. The minimum Gasteiger partial charge on any atom is -0.348 e. The number of piperidine rings is 1. The molecule has 1 N–H and O–H groups in total. The van der Waals surface area contributed by atoms with Crippen LogP contribution in [0.3, 0.4) is 0 Å². The number of hydrogen-bond donors (Lipinski definition) is 1. The Balaban J connectivity index is 1.31. The quantitative estimate of drug-likeness (QED) is 0.919. The van der Waals surface area contributed by atoms with E-state index in [9.17, 15) is 4.79 Å². The fraction of sp³-hybridized carbons (Fsp3) is 0.600. The van der Waals surface area contributed by atoms with E-state index < -0.39 is 0 Å². The average molecular weight is 332 g/mol. The van der Waals surface area contributed by atoms with Crippen LogP contribution in [0.1, 0.15) is 47.9 Å². The molecular formula is C15H20N6OS. The molecule has 3 heterocycles. The van der Waals surface area contributed by atoms with Gasteiger partial charge in [-0.3, -0.25) is 9.48 Å². The zero-order valence-corrected chi connectivity index (χ0v) is 13.9. The van der Waals surface area contributed by atoms with Gasteiger partial charge < -0.3 is 10.2 Å². The normalized spacial score (nSPS) is 19.1. The second-order valence-corrected chi connectivity index (χ2v) is 7.01. The number of amides is 1. The lowest BCUT2D eigenvalue weighted by Crippen LogP contribution is -2.45. The highest BCUT2D eigenvalue weighted by molar-refractivity contribution is 7.09. The molecule has 0 radical (unpaired) electrons. The first-order valence-electron chi connectivity index (χ1n) is 8.08. The van der Waals surface area contributed by atoms with E-state index in [4.69, 9.17) is 0 Å². The van der Waals surface area contributed by atoms with Crippen LogP contribution in [0, 0.1) is 0 Å². The maximum atomic E-state index is 12.2. The van der Waals surface area contributed by atoms with Gasteiger partial charge in [-0.1, -0.05) is 0 Å². The molecular weight excluding hydrogens is 312 g/mol. The molecule has 2 fully saturated rings. The van der Waals surface area contributed by atoms with Crippen LogP contribution in [0.4, 0.5) is 5.13 Å². The molecule has 8 heteroatoms. The van der Waals surface area contributed by atoms with Crippen molar-refractivity contribution < 1.29 is 4.79 Å². The molecule has 1 amide bonds. The van der Waals surface area contributed by atoms with E-state index in [1.165, 1.54) is 24.4 Å². The summed E-state index contributed by atoms with van der Waals surface area (Å²) in [4.78, 5) is 19.2. The van der Waals surface area contributed by atoms with Gasteiger partial charge in [0, 0.05) is 49.8 Å². The van der Waals surface area contributed by atoms with Gasteiger partial charge in [-0.15, -0.1) is 0 Å². The number of nitrogens with zero attached hydrogens (tertiary/aromatic N) is 5. The molecule has 0 aromatic carbocycles. The molecule has 0 atom stereocenters. The summed E-state index contributed by atoms with van der Waals surface area (Å²) in [5.41, 5.74) is 0.602. The van der Waals surface area contributed by atoms with Crippen molar-refractivity contribution in [2.75, 3.05) is 18.0 Å². The largest absolute Gasteiger partial charge is 0.348 e. The van der Waals surface area contributed by atoms with Gasteiger partial charge in [0.15, 0.2) is 0 Å². The molecule has 0 unspecified atom stereocenters. The molecule has 23 heavy (non-hydrogen) atoms. The Morgan fingerprint density at radius 1 is 1.30 bits per heavy atom. The van der Waals surface area contributed by atoms with Gasteiger partial charge in [-0.25, -0.2) is 4.98 Å². The summed E-state index contributed by atoms with van der Waals surface area (Å²) in [5, 5.41) is 8.18. The number of rotatable bonds is 4. The first-order chi connectivity index (χ1) is 11.2. The third kappa shape index (κ3) is 3.08. The minimum absolute atomic E-state index is 0.0459. The first-order valence-corrected chi connectivity index (χ1v) is 8.85. The van der Waals surface area contributed by atoms with Crippen LogP contribution in [0.5, 0.6) is 0 Å². The Bertz CT molecular complexity index is 698. The zero-order valence-electron chi connectivity index (χ0n) is 13.1. The second kappa shape index (κ2) is 5.92. The van der Waals surface area contributed by atoms with Crippen molar-refractivity contribution in [1.29, 1.82) is 0 Å². The summed E-state index contributed by atoms with van der Waals surface area (Å²) in [7, 11) is 1.78. The highest BCUT2D eigenvalue weighted by Crippen LogP contribution is 2.39. The lowest BCUT2D eigenvalue weighted by molar-refractivity contribution is 0.0921. The highest BCUT2D eigenvalue weighted by atomic mass is 32.1. The molecule has 0 spiro atoms. The van der Waals surface area contributed by atoms with Gasteiger partial charge >= 0.3 is 0 Å². The number of aryl methyl sites for hydroxylation is 1. The number of anilines is 1. The third-order valence-corrected chi connectivity index (χ3v) is 5.32. The molecule has 2 aromatic heterocycles. The van der Waals surface area contributed by atoms with Crippen LogP contribution < -0.4 is 10.2 Å². The fourth-order valence-electron chi connectivity index (χ4n) is 2.93. The van der Waals surface area contributed by atoms with E-state index in [0.717, 1.165) is 36.9 Å². The van der Waals surface area contributed by atoms with Crippen LogP contribution >= 0.6 is 11.5 Å². The Morgan fingerprint density at radius 2 is 2.09 bits per heavy atom. The molecule has 0 bridgehead atoms. The summed E-state index contributed by atoms with van der Waals surface area (Å²) in [6, 6.07) is 1.95. The first kappa shape index (κ1) is 14.6. The van der Waals surface area contributed by atoms with Crippen molar-refractivity contribution >= 4 is 22.6 Å². The lowest BCUT2D eigenvalue weighted by atomic mass is 10.1. The van der Waals surface area contributed by atoms with Crippen molar-refractivity contribution in [3.8, 4) is 0 Å². The average Bonchev–Trinajstić information content (AvgIpc) is 3.12. The summed E-state index contributed by atoms with van der Waals surface area (Å²) < 4.78 is 6.08. The van der Waals surface area contributed by atoms with Gasteiger partial charge in [0.25, 0.3) is 5.91 Å². The molecule has 4 rings (SSSR count). The van der Waals surface area contributed by atoms with Crippen molar-refractivity contribution in [2.45, 2.75) is 37.6 Å². The molecule has 122 valence electrons. The van der Waals surface area contributed by atoms with E-state index >= 15 is 0 Å². The predicted octanol–water partition coefficient (Wildman–Crippen LogP) is 1.55. The van der Waals surface area contributed by atoms with E-state index in [1.807, 2.05) is 0 Å². The number of hydrogen-bond acceptors (Lipinski definition) is 6. The highest BCUT2D eigenvalue weighted by Gasteiger charge is 2.29. The Labute approximate surface area is 138 Å². The molecule has 1 saturated carbocycles. The monoisotopic (exact) mass is 332 g/mol. The van der Waals surface area contributed by atoms with Gasteiger partial charge in [0.05, 0.1) is 0 Å². The van der Waals surface area contributed by atoms with Gasteiger partial charge in [-0.2, -0.15) is 9.47 Å². The summed E-state index contributed by atoms with van der Waals surface area (Å²) >= 11 is 1.51. The van der Waals surface area contributed by atoms with Crippen molar-refractivity contribution in [3.05, 3.63) is 23.8 Å². The number of nitrogens with one attached hydrogen (secondary N) is 1.